The molecule has 7 heteroatoms. The summed E-state index contributed by atoms with van der Waals surface area (Å²) in [5.74, 6) is 0.750. The lowest BCUT2D eigenvalue weighted by molar-refractivity contribution is 0.254. The first kappa shape index (κ1) is 17.8. The summed E-state index contributed by atoms with van der Waals surface area (Å²) in [6, 6.07) is 8.87. The van der Waals surface area contributed by atoms with Gasteiger partial charge < -0.3 is 15.4 Å². The maximum atomic E-state index is 11.4. The number of anilines is 1. The van der Waals surface area contributed by atoms with Crippen molar-refractivity contribution in [3.8, 4) is 5.75 Å². The van der Waals surface area contributed by atoms with Gasteiger partial charge in [0.15, 0.2) is 0 Å². The summed E-state index contributed by atoms with van der Waals surface area (Å²) >= 11 is 14.1. The summed E-state index contributed by atoms with van der Waals surface area (Å²) in [4.78, 5) is 13.0. The molecule has 2 rings (SSSR count). The molecule has 2 amide bonds. The van der Waals surface area contributed by atoms with Crippen LogP contribution in [0, 0.1) is 6.92 Å². The minimum atomic E-state index is -0.335. The van der Waals surface area contributed by atoms with Gasteiger partial charge in [-0.1, -0.05) is 41.0 Å². The lowest BCUT2D eigenvalue weighted by Crippen LogP contribution is -2.24. The standard InChI is InChI=1S/C16H16Cl2N2O2S/c1-9-4-5-13(22-3)14(6-9)23-15-11(17)7-10(8-12(15)18)20-16(21)19-2/h4-8H,1-3H3,(H2,19,20,21). The molecule has 0 aliphatic heterocycles. The van der Waals surface area contributed by atoms with Gasteiger partial charge in [-0.25, -0.2) is 4.79 Å². The first-order chi connectivity index (χ1) is 10.9. The maximum absolute atomic E-state index is 11.4. The van der Waals surface area contributed by atoms with Gasteiger partial charge >= 0.3 is 6.03 Å². The summed E-state index contributed by atoms with van der Waals surface area (Å²) in [7, 11) is 3.15. The highest BCUT2D eigenvalue weighted by atomic mass is 35.5. The van der Waals surface area contributed by atoms with Crippen LogP contribution in [0.25, 0.3) is 0 Å². The van der Waals surface area contributed by atoms with Crippen molar-refractivity contribution in [3.05, 3.63) is 45.9 Å². The average Bonchev–Trinajstić information content (AvgIpc) is 2.51. The van der Waals surface area contributed by atoms with Crippen molar-refractivity contribution in [2.24, 2.45) is 0 Å². The Morgan fingerprint density at radius 3 is 2.39 bits per heavy atom. The van der Waals surface area contributed by atoms with Gasteiger partial charge in [-0.2, -0.15) is 0 Å². The molecule has 2 aromatic carbocycles. The van der Waals surface area contributed by atoms with Crippen LogP contribution >= 0.6 is 35.0 Å². The molecule has 122 valence electrons. The molecule has 0 saturated carbocycles. The molecule has 0 heterocycles. The topological polar surface area (TPSA) is 50.4 Å². The summed E-state index contributed by atoms with van der Waals surface area (Å²) in [6.45, 7) is 2.00. The lowest BCUT2D eigenvalue weighted by Gasteiger charge is -2.13. The molecule has 0 saturated heterocycles. The minimum Gasteiger partial charge on any atom is -0.496 e. The Morgan fingerprint density at radius 2 is 1.83 bits per heavy atom. The Labute approximate surface area is 149 Å². The predicted molar refractivity (Wildman–Crippen MR) is 96.4 cm³/mol. The number of rotatable bonds is 4. The van der Waals surface area contributed by atoms with E-state index < -0.39 is 0 Å². The van der Waals surface area contributed by atoms with E-state index in [0.717, 1.165) is 16.2 Å². The van der Waals surface area contributed by atoms with Gasteiger partial charge in [0.1, 0.15) is 5.75 Å². The molecule has 0 unspecified atom stereocenters. The van der Waals surface area contributed by atoms with Crippen LogP contribution in [0.5, 0.6) is 5.75 Å². The molecule has 0 aliphatic carbocycles. The van der Waals surface area contributed by atoms with E-state index in [1.54, 1.807) is 19.2 Å². The molecule has 0 bridgehead atoms. The van der Waals surface area contributed by atoms with Crippen LogP contribution < -0.4 is 15.4 Å². The number of urea groups is 1. The Morgan fingerprint density at radius 1 is 1.17 bits per heavy atom. The predicted octanol–water partition coefficient (Wildman–Crippen LogP) is 5.21. The molecule has 23 heavy (non-hydrogen) atoms. The van der Waals surface area contributed by atoms with Crippen molar-refractivity contribution < 1.29 is 9.53 Å². The highest BCUT2D eigenvalue weighted by molar-refractivity contribution is 7.99. The van der Waals surface area contributed by atoms with E-state index in [2.05, 4.69) is 10.6 Å². The van der Waals surface area contributed by atoms with Crippen molar-refractivity contribution in [2.45, 2.75) is 16.7 Å². The number of ether oxygens (including phenoxy) is 1. The van der Waals surface area contributed by atoms with Crippen LogP contribution in [0.2, 0.25) is 10.0 Å². The van der Waals surface area contributed by atoms with Gasteiger partial charge in [0.05, 0.1) is 22.1 Å². The average molecular weight is 371 g/mol. The molecule has 4 nitrogen and oxygen atoms in total. The lowest BCUT2D eigenvalue weighted by atomic mass is 10.2. The van der Waals surface area contributed by atoms with Crippen molar-refractivity contribution in [2.75, 3.05) is 19.5 Å². The van der Waals surface area contributed by atoms with E-state index in [-0.39, 0.29) is 6.03 Å². The van der Waals surface area contributed by atoms with Crippen molar-refractivity contribution >= 4 is 46.7 Å². The Bertz CT molecular complexity index is 715. The Balaban J connectivity index is 2.34. The van der Waals surface area contributed by atoms with Crippen LogP contribution in [0.4, 0.5) is 10.5 Å². The quantitative estimate of drug-likeness (QED) is 0.775. The number of benzene rings is 2. The third-order valence-electron chi connectivity index (χ3n) is 3.01. The van der Waals surface area contributed by atoms with Crippen LogP contribution in [-0.2, 0) is 0 Å². The van der Waals surface area contributed by atoms with Gasteiger partial charge in [-0.3, -0.25) is 0 Å². The van der Waals surface area contributed by atoms with Gasteiger partial charge in [0.2, 0.25) is 0 Å². The van der Waals surface area contributed by atoms with E-state index in [1.165, 1.54) is 18.8 Å². The largest absolute Gasteiger partial charge is 0.496 e. The Kier molecular flexibility index (Phi) is 6.04. The number of nitrogens with one attached hydrogen (secondary N) is 2. The second kappa shape index (κ2) is 7.81. The summed E-state index contributed by atoms with van der Waals surface area (Å²) in [5, 5.41) is 6.03. The third kappa shape index (κ3) is 4.47. The molecule has 2 N–H and O–H groups in total. The number of halogens is 2. The van der Waals surface area contributed by atoms with Crippen LogP contribution in [-0.4, -0.2) is 20.2 Å². The molecule has 0 spiro atoms. The number of methoxy groups -OCH3 is 1. The maximum Gasteiger partial charge on any atom is 0.318 e. The van der Waals surface area contributed by atoms with Gasteiger partial charge in [-0.05, 0) is 36.8 Å². The second-order valence-electron chi connectivity index (χ2n) is 4.73. The fourth-order valence-electron chi connectivity index (χ4n) is 1.90. The molecule has 0 aliphatic rings. The first-order valence-electron chi connectivity index (χ1n) is 6.75. The SMILES string of the molecule is CNC(=O)Nc1cc(Cl)c(Sc2cc(C)ccc2OC)c(Cl)c1. The third-order valence-corrected chi connectivity index (χ3v) is 5.02. The smallest absolute Gasteiger partial charge is 0.318 e. The van der Waals surface area contributed by atoms with Gasteiger partial charge in [0, 0.05) is 17.6 Å². The van der Waals surface area contributed by atoms with Crippen LogP contribution in [0.3, 0.4) is 0 Å². The zero-order valence-corrected chi connectivity index (χ0v) is 15.2. The zero-order chi connectivity index (χ0) is 17.0. The number of hydrogen-bond donors (Lipinski definition) is 2. The monoisotopic (exact) mass is 370 g/mol. The summed E-state index contributed by atoms with van der Waals surface area (Å²) < 4.78 is 5.37. The van der Waals surface area contributed by atoms with E-state index in [0.29, 0.717) is 20.6 Å². The van der Waals surface area contributed by atoms with Crippen molar-refractivity contribution in [1.29, 1.82) is 0 Å². The van der Waals surface area contributed by atoms with Crippen LogP contribution in [0.1, 0.15) is 5.56 Å². The molecule has 0 aromatic heterocycles. The van der Waals surface area contributed by atoms with Gasteiger partial charge in [0.25, 0.3) is 0 Å². The van der Waals surface area contributed by atoms with Gasteiger partial charge in [-0.15, -0.1) is 0 Å². The van der Waals surface area contributed by atoms with Crippen LogP contribution in [0.15, 0.2) is 40.1 Å². The number of aryl methyl sites for hydroxylation is 1. The second-order valence-corrected chi connectivity index (χ2v) is 6.60. The summed E-state index contributed by atoms with van der Waals surface area (Å²) in [6.07, 6.45) is 0. The molecule has 0 radical (unpaired) electrons. The number of carbonyl (C=O) groups is 1. The molecule has 0 fully saturated rings. The van der Waals surface area contributed by atoms with E-state index in [4.69, 9.17) is 27.9 Å². The first-order valence-corrected chi connectivity index (χ1v) is 8.32. The van der Waals surface area contributed by atoms with Crippen molar-refractivity contribution in [3.63, 3.8) is 0 Å². The highest BCUT2D eigenvalue weighted by Gasteiger charge is 2.14. The zero-order valence-electron chi connectivity index (χ0n) is 12.9. The fourth-order valence-corrected chi connectivity index (χ4v) is 3.64. The number of hydrogen-bond acceptors (Lipinski definition) is 3. The minimum absolute atomic E-state index is 0.335. The summed E-state index contributed by atoms with van der Waals surface area (Å²) in [5.41, 5.74) is 1.64. The highest BCUT2D eigenvalue weighted by Crippen LogP contribution is 2.43. The Hall–Kier alpha value is -1.56. The molecular formula is C16H16Cl2N2O2S. The number of amides is 2. The van der Waals surface area contributed by atoms with Crippen molar-refractivity contribution in [1.82, 2.24) is 5.32 Å². The van der Waals surface area contributed by atoms with E-state index in [1.807, 2.05) is 25.1 Å². The normalized spacial score (nSPS) is 10.3. The van der Waals surface area contributed by atoms with E-state index >= 15 is 0 Å². The fraction of sp³-hybridized carbons (Fsp3) is 0.188. The molecule has 0 atom stereocenters. The number of carbonyl (C=O) groups excluding carboxylic acids is 1. The molecular weight excluding hydrogens is 355 g/mol. The van der Waals surface area contributed by atoms with E-state index in [9.17, 15) is 4.79 Å². The molecule has 2 aromatic rings.